The Balaban J connectivity index is 1.30. The molecule has 0 unspecified atom stereocenters. The Kier molecular flexibility index (Phi) is 10.3. The number of ketones is 1. The van der Waals surface area contributed by atoms with Crippen LogP contribution < -0.4 is 10.6 Å². The number of carbonyl (C=O) groups excluding carboxylic acids is 2. The molecule has 2 aromatic carbocycles. The number of sulfonamides is 1. The van der Waals surface area contributed by atoms with Crippen molar-refractivity contribution in [1.29, 1.82) is 0 Å². The van der Waals surface area contributed by atoms with E-state index in [1.807, 2.05) is 0 Å². The number of rotatable bonds is 14. The number of Topliss-reactive ketones (excluding diaryl/α,β-unsaturated/α-hetero) is 1. The summed E-state index contributed by atoms with van der Waals surface area (Å²) in [6.45, 7) is 1.25. The van der Waals surface area contributed by atoms with E-state index in [1.165, 1.54) is 22.6 Å². The van der Waals surface area contributed by atoms with Crippen LogP contribution in [0.3, 0.4) is 0 Å². The Labute approximate surface area is 277 Å². The van der Waals surface area contributed by atoms with Crippen molar-refractivity contribution in [2.45, 2.75) is 74.6 Å². The van der Waals surface area contributed by atoms with E-state index >= 15 is 4.39 Å². The molecule has 1 aromatic heterocycles. The molecule has 2 heterocycles. The first-order valence-electron chi connectivity index (χ1n) is 16.4. The fourth-order valence-electron chi connectivity index (χ4n) is 6.59. The molecule has 0 radical (unpaired) electrons. The average molecular weight is 687 g/mol. The van der Waals surface area contributed by atoms with Gasteiger partial charge in [0.25, 0.3) is 0 Å². The van der Waals surface area contributed by atoms with Gasteiger partial charge in [-0.1, -0.05) is 12.1 Å². The number of halogens is 4. The fraction of sp³-hybridized carbons (Fsp3) is 0.457. The summed E-state index contributed by atoms with van der Waals surface area (Å²) < 4.78 is 86.2. The van der Waals surface area contributed by atoms with Gasteiger partial charge in [0.05, 0.1) is 17.5 Å². The Morgan fingerprint density at radius 3 is 2.31 bits per heavy atom. The van der Waals surface area contributed by atoms with E-state index in [0.717, 1.165) is 43.3 Å². The van der Waals surface area contributed by atoms with E-state index < -0.39 is 63.0 Å². The lowest BCUT2D eigenvalue weighted by molar-refractivity contribution is -0.128. The molecule has 3 atom stereocenters. The van der Waals surface area contributed by atoms with E-state index in [-0.39, 0.29) is 47.1 Å². The predicted molar refractivity (Wildman–Crippen MR) is 170 cm³/mol. The van der Waals surface area contributed by atoms with Gasteiger partial charge in [0, 0.05) is 56.7 Å². The molecule has 48 heavy (non-hydrogen) atoms. The Bertz CT molecular complexity index is 1750. The normalized spacial score (nSPS) is 19.9. The van der Waals surface area contributed by atoms with Crippen molar-refractivity contribution in [3.8, 4) is 0 Å². The highest BCUT2D eigenvalue weighted by Gasteiger charge is 2.43. The van der Waals surface area contributed by atoms with Crippen LogP contribution in [0.1, 0.15) is 66.7 Å². The maximum atomic E-state index is 15.4. The first kappa shape index (κ1) is 34.2. The summed E-state index contributed by atoms with van der Waals surface area (Å²) in [7, 11) is -3.46. The maximum Gasteiger partial charge on any atom is 0.220 e. The minimum absolute atomic E-state index is 0.0588. The highest BCUT2D eigenvalue weighted by atomic mass is 32.2. The highest BCUT2D eigenvalue weighted by Crippen LogP contribution is 2.35. The lowest BCUT2D eigenvalue weighted by Gasteiger charge is -2.35. The minimum Gasteiger partial charge on any atom is -0.345 e. The maximum absolute atomic E-state index is 15.4. The van der Waals surface area contributed by atoms with E-state index in [0.29, 0.717) is 50.5 Å². The first-order chi connectivity index (χ1) is 23.0. The number of benzene rings is 2. The SMILES string of the molecule is O=C(CC1CC1)N[C@H](C(=O)Cc1cncc(F)c1CC[C@H]1CNCCN1S(=O)(=O)C1CC1)[C@@H](c1ccc(F)cc1)c1cc(F)cc(F)c1. The first-order valence-corrected chi connectivity index (χ1v) is 17.9. The molecule has 2 saturated carbocycles. The number of aromatic nitrogens is 1. The topological polar surface area (TPSA) is 108 Å². The fourth-order valence-corrected chi connectivity index (χ4v) is 8.65. The van der Waals surface area contributed by atoms with E-state index in [9.17, 15) is 31.2 Å². The number of piperazine rings is 1. The second-order valence-corrected chi connectivity index (χ2v) is 15.2. The summed E-state index contributed by atoms with van der Waals surface area (Å²) in [5.74, 6) is -4.91. The van der Waals surface area contributed by atoms with Crippen molar-refractivity contribution < 1.29 is 35.6 Å². The smallest absolute Gasteiger partial charge is 0.220 e. The molecule has 6 rings (SSSR count). The minimum atomic E-state index is -3.46. The lowest BCUT2D eigenvalue weighted by atomic mass is 9.81. The third-order valence-electron chi connectivity index (χ3n) is 9.40. The van der Waals surface area contributed by atoms with Crippen molar-refractivity contribution in [3.05, 3.63) is 100 Å². The summed E-state index contributed by atoms with van der Waals surface area (Å²) in [6, 6.07) is 6.19. The van der Waals surface area contributed by atoms with Gasteiger partial charge in [0.1, 0.15) is 23.3 Å². The van der Waals surface area contributed by atoms with Gasteiger partial charge in [-0.25, -0.2) is 26.0 Å². The van der Waals surface area contributed by atoms with Crippen LogP contribution in [0, 0.1) is 29.2 Å². The van der Waals surface area contributed by atoms with Crippen molar-refractivity contribution in [3.63, 3.8) is 0 Å². The molecule has 1 amide bonds. The van der Waals surface area contributed by atoms with Crippen LogP contribution in [0.5, 0.6) is 0 Å². The number of carbonyl (C=O) groups is 2. The molecular formula is C35H38F4N4O4S. The van der Waals surface area contributed by atoms with Gasteiger partial charge in [0.15, 0.2) is 5.78 Å². The highest BCUT2D eigenvalue weighted by molar-refractivity contribution is 7.90. The number of pyridine rings is 1. The quantitative estimate of drug-likeness (QED) is 0.241. The Morgan fingerprint density at radius 1 is 0.938 bits per heavy atom. The molecule has 256 valence electrons. The van der Waals surface area contributed by atoms with Gasteiger partial charge >= 0.3 is 0 Å². The van der Waals surface area contributed by atoms with Crippen molar-refractivity contribution in [2.75, 3.05) is 19.6 Å². The average Bonchev–Trinajstić information content (AvgIpc) is 3.97. The molecule has 3 aromatic rings. The number of nitrogens with one attached hydrogen (secondary N) is 2. The molecule has 2 aliphatic carbocycles. The van der Waals surface area contributed by atoms with Gasteiger partial charge in [-0.05, 0) is 91.0 Å². The van der Waals surface area contributed by atoms with E-state index in [4.69, 9.17) is 0 Å². The second kappa shape index (κ2) is 14.4. The standard InChI is InChI=1S/C35H38F4N4O4S/c36-25-5-3-22(4-6-25)34(23-14-26(37)17-27(38)15-23)35(42-33(45)13-21-1-2-21)32(44)16-24-18-41-20-31(39)30(24)10-7-28-19-40-11-12-43(28)48(46,47)29-8-9-29/h3-6,14-15,17-18,20-21,28-29,34-35,40H,1-2,7-13,16,19H2,(H,42,45)/t28-,34-,35+/m0/s1. The van der Waals surface area contributed by atoms with E-state index in [1.54, 1.807) is 0 Å². The zero-order chi connectivity index (χ0) is 34.0. The van der Waals surface area contributed by atoms with Crippen molar-refractivity contribution in [2.24, 2.45) is 5.92 Å². The molecule has 0 spiro atoms. The van der Waals surface area contributed by atoms with Crippen LogP contribution in [-0.2, 0) is 32.5 Å². The number of hydrogen-bond donors (Lipinski definition) is 2. The van der Waals surface area contributed by atoms with Gasteiger partial charge < -0.3 is 10.6 Å². The largest absolute Gasteiger partial charge is 0.345 e. The number of hydrogen-bond acceptors (Lipinski definition) is 6. The van der Waals surface area contributed by atoms with Crippen LogP contribution >= 0.6 is 0 Å². The van der Waals surface area contributed by atoms with E-state index in [2.05, 4.69) is 15.6 Å². The number of nitrogens with zero attached hydrogens (tertiary/aromatic N) is 2. The third-order valence-corrected chi connectivity index (χ3v) is 11.8. The monoisotopic (exact) mass is 686 g/mol. The molecule has 8 nitrogen and oxygen atoms in total. The van der Waals surface area contributed by atoms with Gasteiger partial charge in [-0.3, -0.25) is 14.6 Å². The van der Waals surface area contributed by atoms with Crippen LogP contribution in [0.2, 0.25) is 0 Å². The van der Waals surface area contributed by atoms with Gasteiger partial charge in [0.2, 0.25) is 15.9 Å². The molecule has 3 fully saturated rings. The molecule has 13 heteroatoms. The number of amides is 1. The molecular weight excluding hydrogens is 648 g/mol. The van der Waals surface area contributed by atoms with Crippen LogP contribution in [-0.4, -0.2) is 66.4 Å². The zero-order valence-corrected chi connectivity index (χ0v) is 27.1. The molecule has 2 N–H and O–H groups in total. The second-order valence-electron chi connectivity index (χ2n) is 13.1. The van der Waals surface area contributed by atoms with Crippen LogP contribution in [0.4, 0.5) is 17.6 Å². The lowest BCUT2D eigenvalue weighted by Crippen LogP contribution is -2.54. The third kappa shape index (κ3) is 8.12. The summed E-state index contributed by atoms with van der Waals surface area (Å²) >= 11 is 0. The van der Waals surface area contributed by atoms with Crippen LogP contribution in [0.15, 0.2) is 54.9 Å². The summed E-state index contributed by atoms with van der Waals surface area (Å²) in [4.78, 5) is 31.4. The predicted octanol–water partition coefficient (Wildman–Crippen LogP) is 4.57. The Hall–Kier alpha value is -3.68. The summed E-state index contributed by atoms with van der Waals surface area (Å²) in [6.07, 6.45) is 5.61. The summed E-state index contributed by atoms with van der Waals surface area (Å²) in [5, 5.41) is 5.63. The molecule has 1 saturated heterocycles. The van der Waals surface area contributed by atoms with Gasteiger partial charge in [-0.2, -0.15) is 4.31 Å². The molecule has 1 aliphatic heterocycles. The molecule has 0 bridgehead atoms. The zero-order valence-electron chi connectivity index (χ0n) is 26.3. The summed E-state index contributed by atoms with van der Waals surface area (Å²) in [5.41, 5.74) is 0.852. The molecule has 3 aliphatic rings. The Morgan fingerprint density at radius 2 is 1.65 bits per heavy atom. The van der Waals surface area contributed by atoms with Crippen LogP contribution in [0.25, 0.3) is 0 Å². The van der Waals surface area contributed by atoms with Crippen molar-refractivity contribution >= 4 is 21.7 Å². The van der Waals surface area contributed by atoms with Crippen molar-refractivity contribution in [1.82, 2.24) is 19.9 Å². The van der Waals surface area contributed by atoms with Gasteiger partial charge in [-0.15, -0.1) is 0 Å².